The highest BCUT2D eigenvalue weighted by atomic mass is 19.2. The van der Waals surface area contributed by atoms with Crippen molar-refractivity contribution in [2.24, 2.45) is 17.8 Å². The molecular weight excluding hydrogens is 341 g/mol. The van der Waals surface area contributed by atoms with Gasteiger partial charge in [-0.15, -0.1) is 0 Å². The molecule has 0 radical (unpaired) electrons. The molecule has 4 atom stereocenters. The molecule has 3 fully saturated rings. The molecule has 26 heavy (non-hydrogen) atoms. The summed E-state index contributed by atoms with van der Waals surface area (Å²) >= 11 is 0. The van der Waals surface area contributed by atoms with Gasteiger partial charge in [-0.1, -0.05) is 19.8 Å². The highest BCUT2D eigenvalue weighted by molar-refractivity contribution is 4.93. The first kappa shape index (κ1) is 20.4. The van der Waals surface area contributed by atoms with Crippen LogP contribution >= 0.6 is 0 Å². The number of hydrogen-bond donors (Lipinski definition) is 0. The molecule has 5 heteroatoms. The lowest BCUT2D eigenvalue weighted by atomic mass is 9.69. The van der Waals surface area contributed by atoms with Crippen molar-refractivity contribution >= 4 is 0 Å². The number of methoxy groups -OCH3 is 1. The third-order valence-electron chi connectivity index (χ3n) is 7.26. The SMILES string of the molecule is COC1CCC(OCC2(F)CCC(C3CCC(C)CC3)CC2)C(F)C1F. The second-order valence-electron chi connectivity index (χ2n) is 9.10. The molecule has 2 nitrogen and oxygen atoms in total. The van der Waals surface area contributed by atoms with Gasteiger partial charge in [0.15, 0.2) is 12.3 Å². The number of rotatable bonds is 5. The van der Waals surface area contributed by atoms with E-state index in [1.807, 2.05) is 0 Å². The van der Waals surface area contributed by atoms with Crippen LogP contribution in [-0.4, -0.2) is 43.9 Å². The van der Waals surface area contributed by atoms with E-state index >= 15 is 4.39 Å². The zero-order chi connectivity index (χ0) is 18.7. The maximum absolute atomic E-state index is 15.1. The fourth-order valence-corrected chi connectivity index (χ4v) is 5.27. The first-order chi connectivity index (χ1) is 12.4. The Morgan fingerprint density at radius 2 is 1.35 bits per heavy atom. The third kappa shape index (κ3) is 4.76. The molecule has 4 unspecified atom stereocenters. The molecule has 0 bridgehead atoms. The summed E-state index contributed by atoms with van der Waals surface area (Å²) in [6.45, 7) is 2.22. The average molecular weight is 377 g/mol. The van der Waals surface area contributed by atoms with Crippen LogP contribution in [0.5, 0.6) is 0 Å². The average Bonchev–Trinajstić information content (AvgIpc) is 2.64. The van der Waals surface area contributed by atoms with E-state index in [1.54, 1.807) is 0 Å². The Balaban J connectivity index is 1.43. The molecule has 3 aliphatic rings. The second-order valence-corrected chi connectivity index (χ2v) is 9.10. The van der Waals surface area contributed by atoms with Crippen molar-refractivity contribution in [2.45, 2.75) is 101 Å². The lowest BCUT2D eigenvalue weighted by Crippen LogP contribution is -2.48. The van der Waals surface area contributed by atoms with Crippen LogP contribution in [0.3, 0.4) is 0 Å². The normalized spacial score (nSPS) is 47.7. The van der Waals surface area contributed by atoms with Crippen molar-refractivity contribution in [3.63, 3.8) is 0 Å². The van der Waals surface area contributed by atoms with Crippen molar-refractivity contribution in [3.8, 4) is 0 Å². The Morgan fingerprint density at radius 3 is 1.96 bits per heavy atom. The van der Waals surface area contributed by atoms with E-state index in [4.69, 9.17) is 9.47 Å². The van der Waals surface area contributed by atoms with Gasteiger partial charge in [-0.25, -0.2) is 13.2 Å². The molecule has 3 aliphatic carbocycles. The molecule has 0 aliphatic heterocycles. The van der Waals surface area contributed by atoms with Crippen molar-refractivity contribution in [3.05, 3.63) is 0 Å². The number of hydrogen-bond acceptors (Lipinski definition) is 2. The number of alkyl halides is 3. The lowest BCUT2D eigenvalue weighted by molar-refractivity contribution is -0.131. The molecule has 0 heterocycles. The van der Waals surface area contributed by atoms with Gasteiger partial charge < -0.3 is 9.47 Å². The van der Waals surface area contributed by atoms with E-state index in [0.717, 1.165) is 24.7 Å². The van der Waals surface area contributed by atoms with Gasteiger partial charge in [0.1, 0.15) is 5.67 Å². The maximum Gasteiger partial charge on any atom is 0.160 e. The van der Waals surface area contributed by atoms with E-state index in [-0.39, 0.29) is 6.61 Å². The van der Waals surface area contributed by atoms with Gasteiger partial charge >= 0.3 is 0 Å². The van der Waals surface area contributed by atoms with Gasteiger partial charge in [-0.05, 0) is 69.1 Å². The summed E-state index contributed by atoms with van der Waals surface area (Å²) in [5.74, 6) is 2.22. The van der Waals surface area contributed by atoms with Crippen LogP contribution in [0.4, 0.5) is 13.2 Å². The summed E-state index contributed by atoms with van der Waals surface area (Å²) in [4.78, 5) is 0. The first-order valence-electron chi connectivity index (χ1n) is 10.5. The van der Waals surface area contributed by atoms with E-state index in [9.17, 15) is 8.78 Å². The van der Waals surface area contributed by atoms with Crippen LogP contribution in [0.2, 0.25) is 0 Å². The van der Waals surface area contributed by atoms with Crippen molar-refractivity contribution in [2.75, 3.05) is 13.7 Å². The van der Waals surface area contributed by atoms with Crippen molar-refractivity contribution < 1.29 is 22.6 Å². The van der Waals surface area contributed by atoms with Crippen molar-refractivity contribution in [1.82, 2.24) is 0 Å². The summed E-state index contributed by atoms with van der Waals surface area (Å²) in [5, 5.41) is 0. The van der Waals surface area contributed by atoms with Crippen LogP contribution in [-0.2, 0) is 9.47 Å². The molecule has 0 N–H and O–H groups in total. The quantitative estimate of drug-likeness (QED) is 0.623. The summed E-state index contributed by atoms with van der Waals surface area (Å²) < 4.78 is 53.8. The summed E-state index contributed by atoms with van der Waals surface area (Å²) in [5.41, 5.74) is -1.37. The van der Waals surface area contributed by atoms with Crippen LogP contribution in [0.25, 0.3) is 0 Å². The van der Waals surface area contributed by atoms with E-state index in [0.29, 0.717) is 31.6 Å². The Morgan fingerprint density at radius 1 is 0.808 bits per heavy atom. The minimum absolute atomic E-state index is 0.100. The third-order valence-corrected chi connectivity index (χ3v) is 7.26. The molecule has 0 saturated heterocycles. The monoisotopic (exact) mass is 376 g/mol. The fraction of sp³-hybridized carbons (Fsp3) is 1.00. The largest absolute Gasteiger partial charge is 0.378 e. The minimum atomic E-state index is -1.72. The second kappa shape index (κ2) is 8.81. The van der Waals surface area contributed by atoms with E-state index in [2.05, 4.69) is 6.92 Å². The summed E-state index contributed by atoms with van der Waals surface area (Å²) in [6.07, 6.45) is 3.81. The van der Waals surface area contributed by atoms with Crippen LogP contribution < -0.4 is 0 Å². The molecule has 0 amide bonds. The Kier molecular flexibility index (Phi) is 6.93. The van der Waals surface area contributed by atoms with E-state index < -0.39 is 30.2 Å². The van der Waals surface area contributed by atoms with Crippen LogP contribution in [0.15, 0.2) is 0 Å². The Hall–Kier alpha value is -0.290. The molecule has 0 spiro atoms. The predicted octanol–water partition coefficient (Wildman–Crippen LogP) is 5.58. The number of halogens is 3. The van der Waals surface area contributed by atoms with Crippen LogP contribution in [0.1, 0.15) is 71.1 Å². The van der Waals surface area contributed by atoms with Gasteiger partial charge in [-0.3, -0.25) is 0 Å². The zero-order valence-electron chi connectivity index (χ0n) is 16.3. The minimum Gasteiger partial charge on any atom is -0.378 e. The van der Waals surface area contributed by atoms with Gasteiger partial charge in [0.05, 0.1) is 18.8 Å². The topological polar surface area (TPSA) is 18.5 Å². The van der Waals surface area contributed by atoms with Crippen LogP contribution in [0, 0.1) is 17.8 Å². The van der Waals surface area contributed by atoms with Crippen molar-refractivity contribution in [1.29, 1.82) is 0 Å². The fourth-order valence-electron chi connectivity index (χ4n) is 5.27. The summed E-state index contributed by atoms with van der Waals surface area (Å²) in [6, 6.07) is 0. The first-order valence-corrected chi connectivity index (χ1v) is 10.5. The van der Waals surface area contributed by atoms with Gasteiger partial charge in [0.2, 0.25) is 0 Å². The summed E-state index contributed by atoms with van der Waals surface area (Å²) in [7, 11) is 1.40. The highest BCUT2D eigenvalue weighted by Gasteiger charge is 2.44. The molecule has 3 rings (SSSR count). The molecular formula is C21H35F3O2. The Labute approximate surface area is 156 Å². The zero-order valence-corrected chi connectivity index (χ0v) is 16.3. The standard InChI is InChI=1S/C21H35F3O2/c1-14-3-5-15(6-4-14)16-9-11-21(24,12-10-16)13-26-18-8-7-17(25-2)19(22)20(18)23/h14-20H,3-13H2,1-2H3. The molecule has 0 aromatic heterocycles. The molecule has 152 valence electrons. The smallest absolute Gasteiger partial charge is 0.160 e. The molecule has 3 saturated carbocycles. The predicted molar refractivity (Wildman–Crippen MR) is 96.5 cm³/mol. The maximum atomic E-state index is 15.1. The van der Waals surface area contributed by atoms with Gasteiger partial charge in [-0.2, -0.15) is 0 Å². The van der Waals surface area contributed by atoms with E-state index in [1.165, 1.54) is 32.8 Å². The number of ether oxygens (including phenoxy) is 2. The van der Waals surface area contributed by atoms with Gasteiger partial charge in [0.25, 0.3) is 0 Å². The molecule has 0 aromatic rings. The highest BCUT2D eigenvalue weighted by Crippen LogP contribution is 2.44. The lowest BCUT2D eigenvalue weighted by Gasteiger charge is -2.41. The molecule has 0 aromatic carbocycles. The van der Waals surface area contributed by atoms with Gasteiger partial charge in [0, 0.05) is 7.11 Å². The Bertz CT molecular complexity index is 431.